The molecule has 0 spiro atoms. The molecular weight excluding hydrogens is 348 g/mol. The molecule has 3 rings (SSSR count). The van der Waals surface area contributed by atoms with Gasteiger partial charge < -0.3 is 0 Å². The molecule has 158 valence electrons. The van der Waals surface area contributed by atoms with Crippen LogP contribution in [-0.4, -0.2) is 0 Å². The van der Waals surface area contributed by atoms with Crippen LogP contribution in [0.2, 0.25) is 0 Å². The third-order valence-electron chi connectivity index (χ3n) is 7.26. The molecule has 2 aromatic carbocycles. The van der Waals surface area contributed by atoms with E-state index in [2.05, 4.69) is 69.3 Å². The summed E-state index contributed by atoms with van der Waals surface area (Å²) in [5, 5.41) is 0. The van der Waals surface area contributed by atoms with Gasteiger partial charge in [0.2, 0.25) is 0 Å². The molecule has 0 radical (unpaired) electrons. The van der Waals surface area contributed by atoms with Gasteiger partial charge in [-0.3, -0.25) is 0 Å². The minimum Gasteiger partial charge on any atom is -0.0654 e. The molecule has 0 heterocycles. The monoisotopic (exact) mass is 390 g/mol. The van der Waals surface area contributed by atoms with E-state index in [1.807, 2.05) is 0 Å². The van der Waals surface area contributed by atoms with Gasteiger partial charge in [-0.15, -0.1) is 0 Å². The average Bonchev–Trinajstić information content (AvgIpc) is 2.78. The number of aryl methyl sites for hydroxylation is 1. The van der Waals surface area contributed by atoms with Gasteiger partial charge in [0, 0.05) is 0 Å². The van der Waals surface area contributed by atoms with Crippen LogP contribution in [-0.2, 0) is 6.42 Å². The summed E-state index contributed by atoms with van der Waals surface area (Å²) in [4.78, 5) is 0. The van der Waals surface area contributed by atoms with Crippen LogP contribution >= 0.6 is 0 Å². The van der Waals surface area contributed by atoms with Crippen LogP contribution in [0, 0.1) is 11.8 Å². The molecule has 0 nitrogen and oxygen atoms in total. The molecule has 1 saturated carbocycles. The molecule has 29 heavy (non-hydrogen) atoms. The van der Waals surface area contributed by atoms with E-state index in [-0.39, 0.29) is 0 Å². The first-order valence-electron chi connectivity index (χ1n) is 12.4. The molecule has 0 heteroatoms. The Bertz CT molecular complexity index is 686. The third-order valence-corrected chi connectivity index (χ3v) is 7.26. The van der Waals surface area contributed by atoms with Gasteiger partial charge in [0.15, 0.2) is 0 Å². The van der Waals surface area contributed by atoms with Crippen molar-refractivity contribution < 1.29 is 0 Å². The topological polar surface area (TPSA) is 0 Å². The molecule has 0 aromatic heterocycles. The highest BCUT2D eigenvalue weighted by atomic mass is 14.3. The predicted molar refractivity (Wildman–Crippen MR) is 128 cm³/mol. The van der Waals surface area contributed by atoms with Crippen molar-refractivity contribution in [3.63, 3.8) is 0 Å². The van der Waals surface area contributed by atoms with Crippen molar-refractivity contribution in [2.75, 3.05) is 0 Å². The normalized spacial score (nSPS) is 20.5. The van der Waals surface area contributed by atoms with Crippen LogP contribution in [0.1, 0.15) is 102 Å². The summed E-state index contributed by atoms with van der Waals surface area (Å²) < 4.78 is 0. The van der Waals surface area contributed by atoms with Crippen molar-refractivity contribution in [3.8, 4) is 11.1 Å². The zero-order valence-electron chi connectivity index (χ0n) is 19.1. The molecule has 1 unspecified atom stereocenters. The smallest absolute Gasteiger partial charge is 0.0162 e. The predicted octanol–water partition coefficient (Wildman–Crippen LogP) is 9.19. The van der Waals surface area contributed by atoms with E-state index in [0.29, 0.717) is 0 Å². The molecule has 1 aliphatic carbocycles. The Labute approximate surface area is 180 Å². The van der Waals surface area contributed by atoms with Crippen molar-refractivity contribution in [3.05, 3.63) is 59.7 Å². The van der Waals surface area contributed by atoms with Gasteiger partial charge >= 0.3 is 0 Å². The Kier molecular flexibility index (Phi) is 8.84. The summed E-state index contributed by atoms with van der Waals surface area (Å²) in [7, 11) is 0. The van der Waals surface area contributed by atoms with E-state index in [0.717, 1.165) is 17.8 Å². The maximum absolute atomic E-state index is 2.40. The number of unbranched alkanes of at least 4 members (excludes halogenated alkanes) is 1. The van der Waals surface area contributed by atoms with Gasteiger partial charge in [-0.1, -0.05) is 101 Å². The van der Waals surface area contributed by atoms with E-state index in [9.17, 15) is 0 Å². The standard InChI is InChI=1S/C29H42/c1-4-7-9-23(6-3)22-25-12-16-27(17-13-25)29-20-18-28(19-21-29)26-14-10-24(8-5-2)11-15-26/h10-11,14-15,18-21,23,25,27H,4-9,12-13,16-17,22H2,1-3H3. The molecule has 0 N–H and O–H groups in total. The maximum Gasteiger partial charge on any atom is -0.0162 e. The Morgan fingerprint density at radius 2 is 1.38 bits per heavy atom. The quantitative estimate of drug-likeness (QED) is 0.379. The number of rotatable bonds is 10. The summed E-state index contributed by atoms with van der Waals surface area (Å²) >= 11 is 0. The zero-order valence-corrected chi connectivity index (χ0v) is 19.1. The third kappa shape index (κ3) is 6.46. The largest absolute Gasteiger partial charge is 0.0654 e. The highest BCUT2D eigenvalue weighted by Gasteiger charge is 2.24. The van der Waals surface area contributed by atoms with Gasteiger partial charge in [-0.25, -0.2) is 0 Å². The number of hydrogen-bond donors (Lipinski definition) is 0. The van der Waals surface area contributed by atoms with Crippen LogP contribution in [0.4, 0.5) is 0 Å². The summed E-state index contributed by atoms with van der Waals surface area (Å²) in [5.74, 6) is 2.73. The number of benzene rings is 2. The fraction of sp³-hybridized carbons (Fsp3) is 0.586. The molecule has 1 fully saturated rings. The lowest BCUT2D eigenvalue weighted by molar-refractivity contribution is 0.256. The second-order valence-corrected chi connectivity index (χ2v) is 9.44. The summed E-state index contributed by atoms with van der Waals surface area (Å²) in [5.41, 5.74) is 5.71. The summed E-state index contributed by atoms with van der Waals surface area (Å²) in [6.07, 6.45) is 15.1. The first-order chi connectivity index (χ1) is 14.2. The van der Waals surface area contributed by atoms with E-state index < -0.39 is 0 Å². The fourth-order valence-corrected chi connectivity index (χ4v) is 5.28. The van der Waals surface area contributed by atoms with Crippen molar-refractivity contribution in [2.24, 2.45) is 11.8 Å². The van der Waals surface area contributed by atoms with Crippen molar-refractivity contribution >= 4 is 0 Å². The van der Waals surface area contributed by atoms with Gasteiger partial charge in [0.25, 0.3) is 0 Å². The number of hydrogen-bond acceptors (Lipinski definition) is 0. The Hall–Kier alpha value is -1.56. The first-order valence-corrected chi connectivity index (χ1v) is 12.4. The molecule has 0 amide bonds. The SMILES string of the molecule is CCCCC(CC)CC1CCC(c2ccc(-c3ccc(CCC)cc3)cc2)CC1. The minimum atomic E-state index is 0.781. The Morgan fingerprint density at radius 1 is 0.759 bits per heavy atom. The molecule has 1 aliphatic rings. The maximum atomic E-state index is 2.40. The lowest BCUT2D eigenvalue weighted by Gasteiger charge is -2.31. The van der Waals surface area contributed by atoms with Gasteiger partial charge in [0.1, 0.15) is 0 Å². The average molecular weight is 391 g/mol. The van der Waals surface area contributed by atoms with Crippen LogP contribution < -0.4 is 0 Å². The Balaban J connectivity index is 1.52. The highest BCUT2D eigenvalue weighted by molar-refractivity contribution is 5.64. The molecule has 0 aliphatic heterocycles. The molecule has 2 aromatic rings. The second kappa shape index (κ2) is 11.6. The van der Waals surface area contributed by atoms with Crippen LogP contribution in [0.3, 0.4) is 0 Å². The fourth-order valence-electron chi connectivity index (χ4n) is 5.28. The first kappa shape index (κ1) is 22.1. The van der Waals surface area contributed by atoms with E-state index >= 15 is 0 Å². The van der Waals surface area contributed by atoms with Crippen LogP contribution in [0.25, 0.3) is 11.1 Å². The highest BCUT2D eigenvalue weighted by Crippen LogP contribution is 2.39. The lowest BCUT2D eigenvalue weighted by Crippen LogP contribution is -2.16. The molecule has 0 bridgehead atoms. The second-order valence-electron chi connectivity index (χ2n) is 9.44. The van der Waals surface area contributed by atoms with Gasteiger partial charge in [0.05, 0.1) is 0 Å². The van der Waals surface area contributed by atoms with Crippen LogP contribution in [0.5, 0.6) is 0 Å². The van der Waals surface area contributed by atoms with Gasteiger partial charge in [-0.05, 0) is 78.5 Å². The summed E-state index contributed by atoms with van der Waals surface area (Å²) in [6, 6.07) is 18.6. The molecule has 0 saturated heterocycles. The zero-order chi connectivity index (χ0) is 20.5. The minimum absolute atomic E-state index is 0.781. The van der Waals surface area contributed by atoms with Crippen LogP contribution in [0.15, 0.2) is 48.5 Å². The van der Waals surface area contributed by atoms with Gasteiger partial charge in [-0.2, -0.15) is 0 Å². The van der Waals surface area contributed by atoms with Crippen molar-refractivity contribution in [1.82, 2.24) is 0 Å². The van der Waals surface area contributed by atoms with E-state index in [1.54, 1.807) is 5.56 Å². The lowest BCUT2D eigenvalue weighted by atomic mass is 9.74. The van der Waals surface area contributed by atoms with Crippen molar-refractivity contribution in [1.29, 1.82) is 0 Å². The van der Waals surface area contributed by atoms with E-state index in [4.69, 9.17) is 0 Å². The van der Waals surface area contributed by atoms with E-state index in [1.165, 1.54) is 87.3 Å². The molecule has 1 atom stereocenters. The van der Waals surface area contributed by atoms with Crippen molar-refractivity contribution in [2.45, 2.75) is 97.3 Å². The molecular formula is C29H42. The Morgan fingerprint density at radius 3 is 1.93 bits per heavy atom. The summed E-state index contributed by atoms with van der Waals surface area (Å²) in [6.45, 7) is 6.96.